The van der Waals surface area contributed by atoms with E-state index < -0.39 is 43.5 Å². The molecule has 2 aromatic heterocycles. The number of nitrogens with zero attached hydrogens (tertiary/aromatic N) is 4. The Bertz CT molecular complexity index is 1100. The third-order valence-electron chi connectivity index (χ3n) is 5.71. The molecule has 0 radical (unpaired) electrons. The first kappa shape index (κ1) is 24.7. The molecule has 2 aliphatic heterocycles. The summed E-state index contributed by atoms with van der Waals surface area (Å²) in [5.41, 5.74) is 0.480. The number of carbonyl (C=O) groups excluding carboxylic acids is 2. The minimum Gasteiger partial charge on any atom is -0.491 e. The Labute approximate surface area is 198 Å². The highest BCUT2D eigenvalue weighted by Crippen LogP contribution is 2.39. The number of pyridine rings is 2. The minimum absolute atomic E-state index is 0.135. The zero-order valence-corrected chi connectivity index (χ0v) is 18.5. The van der Waals surface area contributed by atoms with E-state index in [2.05, 4.69) is 15.3 Å². The fourth-order valence-electron chi connectivity index (χ4n) is 3.99. The van der Waals surface area contributed by atoms with Crippen molar-refractivity contribution in [3.8, 4) is 5.75 Å². The van der Waals surface area contributed by atoms with Gasteiger partial charge in [-0.25, -0.2) is 14.8 Å². The van der Waals surface area contributed by atoms with Crippen LogP contribution in [0.3, 0.4) is 0 Å². The first-order valence-electron chi connectivity index (χ1n) is 11.0. The number of aromatic nitrogens is 2. The number of aliphatic hydroxyl groups is 2. The second kappa shape index (κ2) is 10.0. The smallest absolute Gasteiger partial charge is 0.389 e. The first-order valence-corrected chi connectivity index (χ1v) is 11.0. The van der Waals surface area contributed by atoms with Crippen molar-refractivity contribution >= 4 is 29.1 Å². The van der Waals surface area contributed by atoms with Crippen molar-refractivity contribution in [2.45, 2.75) is 37.6 Å². The number of urea groups is 1. The molecule has 188 valence electrons. The molecule has 0 aromatic carbocycles. The van der Waals surface area contributed by atoms with E-state index in [1.165, 1.54) is 29.3 Å². The number of hydrogen-bond donors (Lipinski definition) is 3. The van der Waals surface area contributed by atoms with Gasteiger partial charge in [0.05, 0.1) is 24.8 Å². The molecule has 4 heterocycles. The summed E-state index contributed by atoms with van der Waals surface area (Å²) in [5.74, 6) is -0.0856. The number of rotatable bonds is 8. The van der Waals surface area contributed by atoms with Gasteiger partial charge in [-0.2, -0.15) is 13.2 Å². The molecular formula is C22H24F3N5O5. The second-order valence-corrected chi connectivity index (χ2v) is 8.29. The third kappa shape index (κ3) is 5.80. The number of nitrogens with one attached hydrogen (secondary N) is 1. The molecule has 1 saturated heterocycles. The third-order valence-corrected chi connectivity index (χ3v) is 5.71. The van der Waals surface area contributed by atoms with Gasteiger partial charge >= 0.3 is 12.2 Å². The van der Waals surface area contributed by atoms with Crippen molar-refractivity contribution in [2.24, 2.45) is 0 Å². The number of fused-ring (bicyclic) bond motifs is 4. The predicted molar refractivity (Wildman–Crippen MR) is 119 cm³/mol. The highest BCUT2D eigenvalue weighted by molar-refractivity contribution is 6.05. The van der Waals surface area contributed by atoms with Crippen LogP contribution in [0.4, 0.5) is 35.3 Å². The molecule has 10 nitrogen and oxygen atoms in total. The van der Waals surface area contributed by atoms with Crippen LogP contribution >= 0.6 is 0 Å². The van der Waals surface area contributed by atoms with Crippen molar-refractivity contribution in [1.82, 2.24) is 9.97 Å². The van der Waals surface area contributed by atoms with E-state index in [4.69, 9.17) is 9.84 Å². The minimum atomic E-state index is -4.46. The molecular weight excluding hydrogens is 471 g/mol. The molecule has 1 fully saturated rings. The van der Waals surface area contributed by atoms with Crippen LogP contribution in [0.2, 0.25) is 0 Å². The van der Waals surface area contributed by atoms with Crippen LogP contribution in [-0.2, 0) is 0 Å². The number of aliphatic hydroxyl groups excluding tert-OH is 2. The highest BCUT2D eigenvalue weighted by Gasteiger charge is 2.40. The number of amides is 2. The van der Waals surface area contributed by atoms with Crippen LogP contribution in [0.25, 0.3) is 0 Å². The van der Waals surface area contributed by atoms with Gasteiger partial charge in [-0.3, -0.25) is 15.0 Å². The maximum atomic E-state index is 13.2. The molecule has 0 unspecified atom stereocenters. The fraction of sp³-hybridized carbons (Fsp3) is 0.455. The Morgan fingerprint density at radius 2 is 2.09 bits per heavy atom. The molecule has 2 aliphatic rings. The van der Waals surface area contributed by atoms with E-state index in [0.717, 1.165) is 0 Å². The molecule has 3 N–H and O–H groups in total. The molecule has 2 aromatic rings. The Kier molecular flexibility index (Phi) is 7.08. The normalized spacial score (nSPS) is 17.7. The van der Waals surface area contributed by atoms with E-state index >= 15 is 0 Å². The average molecular weight is 495 g/mol. The van der Waals surface area contributed by atoms with Crippen molar-refractivity contribution in [3.63, 3.8) is 0 Å². The fourth-order valence-corrected chi connectivity index (χ4v) is 3.99. The number of halogens is 3. The Balaban J connectivity index is 1.53. The summed E-state index contributed by atoms with van der Waals surface area (Å²) in [6.45, 7) is 0.605. The lowest BCUT2D eigenvalue weighted by Crippen LogP contribution is -2.48. The zero-order valence-electron chi connectivity index (χ0n) is 18.5. The van der Waals surface area contributed by atoms with Gasteiger partial charge < -0.3 is 19.8 Å². The number of carbonyl (C=O) groups is 2. The van der Waals surface area contributed by atoms with E-state index in [1.807, 2.05) is 4.90 Å². The Morgan fingerprint density at radius 3 is 2.83 bits per heavy atom. The first-order chi connectivity index (χ1) is 16.6. The van der Waals surface area contributed by atoms with Crippen LogP contribution in [0.5, 0.6) is 5.75 Å². The number of ketones is 1. The maximum absolute atomic E-state index is 13.2. The summed E-state index contributed by atoms with van der Waals surface area (Å²) >= 11 is 0. The lowest BCUT2D eigenvalue weighted by molar-refractivity contribution is -0.133. The maximum Gasteiger partial charge on any atom is 0.389 e. The Morgan fingerprint density at radius 1 is 1.29 bits per heavy atom. The summed E-state index contributed by atoms with van der Waals surface area (Å²) in [4.78, 5) is 37.4. The molecule has 2 bridgehead atoms. The standard InChI is InChI=1S/C22H24F3N5O5/c23-22(24,25)6-3-18(33)16-1-2-17-20(27-16)30(13-5-8-29(17)10-13)21(34)28-19-9-15(4-7-26-19)35-12-14(32)11-31/h1-2,4,7,9,13-14,31-32H,3,5-6,8,10-12H2,(H,26,28,34)/t13-,14-/m0/s1. The van der Waals surface area contributed by atoms with Gasteiger partial charge in [-0.15, -0.1) is 0 Å². The monoisotopic (exact) mass is 495 g/mol. The largest absolute Gasteiger partial charge is 0.491 e. The topological polar surface area (TPSA) is 128 Å². The van der Waals surface area contributed by atoms with Crippen molar-refractivity contribution in [3.05, 3.63) is 36.2 Å². The summed E-state index contributed by atoms with van der Waals surface area (Å²) in [7, 11) is 0. The number of hydrogen-bond acceptors (Lipinski definition) is 8. The Hall–Kier alpha value is -3.45. The average Bonchev–Trinajstić information content (AvgIpc) is 3.24. The highest BCUT2D eigenvalue weighted by atomic mass is 19.4. The van der Waals surface area contributed by atoms with Crippen molar-refractivity contribution in [1.29, 1.82) is 0 Å². The zero-order chi connectivity index (χ0) is 25.2. The van der Waals surface area contributed by atoms with Crippen LogP contribution in [0.1, 0.15) is 29.8 Å². The molecule has 35 heavy (non-hydrogen) atoms. The molecule has 0 saturated carbocycles. The number of Topliss-reactive ketones (excluding diaryl/α,β-unsaturated/α-hetero) is 1. The van der Waals surface area contributed by atoms with Crippen LogP contribution in [0.15, 0.2) is 30.5 Å². The molecule has 0 spiro atoms. The van der Waals surface area contributed by atoms with Gasteiger partial charge in [-0.1, -0.05) is 0 Å². The van der Waals surface area contributed by atoms with E-state index in [0.29, 0.717) is 30.9 Å². The van der Waals surface area contributed by atoms with Gasteiger partial charge in [0.1, 0.15) is 30.0 Å². The van der Waals surface area contributed by atoms with Gasteiger partial charge in [0.25, 0.3) is 0 Å². The molecule has 2 atom stereocenters. The van der Waals surface area contributed by atoms with Crippen LogP contribution < -0.4 is 19.9 Å². The summed E-state index contributed by atoms with van der Waals surface area (Å²) in [5, 5.41) is 21.0. The van der Waals surface area contributed by atoms with Crippen molar-refractivity contribution in [2.75, 3.05) is 41.4 Å². The van der Waals surface area contributed by atoms with Gasteiger partial charge in [0.2, 0.25) is 0 Å². The quantitative estimate of drug-likeness (QED) is 0.477. The molecule has 2 amide bonds. The number of anilines is 3. The number of ether oxygens (including phenoxy) is 1. The van der Waals surface area contributed by atoms with Gasteiger partial charge in [0.15, 0.2) is 11.6 Å². The van der Waals surface area contributed by atoms with Crippen LogP contribution in [0, 0.1) is 0 Å². The molecule has 0 aliphatic carbocycles. The summed E-state index contributed by atoms with van der Waals surface area (Å²) < 4.78 is 43.0. The summed E-state index contributed by atoms with van der Waals surface area (Å²) in [6.07, 6.45) is -5.44. The number of alkyl halides is 3. The van der Waals surface area contributed by atoms with Crippen molar-refractivity contribution < 1.29 is 37.7 Å². The lowest BCUT2D eigenvalue weighted by Gasteiger charge is -2.35. The SMILES string of the molecule is O=C(CCC(F)(F)F)c1ccc2c(n1)N(C(=O)Nc1cc(OC[C@@H](O)CO)ccn1)[C@H]1CCN2C1. The molecule has 13 heteroatoms. The summed E-state index contributed by atoms with van der Waals surface area (Å²) in [6, 6.07) is 5.14. The van der Waals surface area contributed by atoms with Crippen LogP contribution in [-0.4, -0.2) is 76.6 Å². The second-order valence-electron chi connectivity index (χ2n) is 8.29. The lowest BCUT2D eigenvalue weighted by atomic mass is 10.1. The molecule has 4 rings (SSSR count). The van der Waals surface area contributed by atoms with E-state index in [1.54, 1.807) is 6.07 Å². The predicted octanol–water partition coefficient (Wildman–Crippen LogP) is 2.36. The van der Waals surface area contributed by atoms with E-state index in [-0.39, 0.29) is 30.0 Å². The van der Waals surface area contributed by atoms with E-state index in [9.17, 15) is 27.9 Å². The van der Waals surface area contributed by atoms with Gasteiger partial charge in [0, 0.05) is 31.8 Å². The van der Waals surface area contributed by atoms with Gasteiger partial charge in [-0.05, 0) is 24.6 Å².